The Morgan fingerprint density at radius 1 is 1.03 bits per heavy atom. The van der Waals surface area contributed by atoms with Crippen molar-refractivity contribution in [3.63, 3.8) is 0 Å². The lowest BCUT2D eigenvalue weighted by Crippen LogP contribution is -2.37. The Balaban J connectivity index is 1.63. The van der Waals surface area contributed by atoms with Gasteiger partial charge in [0, 0.05) is 30.4 Å². The summed E-state index contributed by atoms with van der Waals surface area (Å²) in [6.45, 7) is 3.78. The number of hydrogen-bond donors (Lipinski definition) is 1. The van der Waals surface area contributed by atoms with Crippen LogP contribution < -0.4 is 14.8 Å². The zero-order valence-electron chi connectivity index (χ0n) is 17.7. The number of amides is 2. The SMILES string of the molecule is COc1ccc(/C=C/C(=O)Nc2cccc(C(=O)N3CCC(C)CC3)c2)cc1OC. The normalized spacial score (nSPS) is 14.6. The van der Waals surface area contributed by atoms with Gasteiger partial charge >= 0.3 is 0 Å². The molecule has 2 aromatic rings. The molecule has 0 aromatic heterocycles. The average Bonchev–Trinajstić information content (AvgIpc) is 2.77. The lowest BCUT2D eigenvalue weighted by molar-refractivity contribution is -0.111. The number of ether oxygens (including phenoxy) is 2. The number of carbonyl (C=O) groups excluding carboxylic acids is 2. The van der Waals surface area contributed by atoms with Crippen LogP contribution >= 0.6 is 0 Å². The lowest BCUT2D eigenvalue weighted by atomic mass is 9.98. The second kappa shape index (κ2) is 9.96. The highest BCUT2D eigenvalue weighted by atomic mass is 16.5. The molecule has 2 aromatic carbocycles. The maximum Gasteiger partial charge on any atom is 0.253 e. The van der Waals surface area contributed by atoms with Gasteiger partial charge in [-0.25, -0.2) is 0 Å². The number of nitrogens with zero attached hydrogens (tertiary/aromatic N) is 1. The van der Waals surface area contributed by atoms with Crippen LogP contribution in [0.3, 0.4) is 0 Å². The minimum atomic E-state index is -0.277. The summed E-state index contributed by atoms with van der Waals surface area (Å²) >= 11 is 0. The molecule has 158 valence electrons. The Morgan fingerprint density at radius 3 is 2.47 bits per heavy atom. The van der Waals surface area contributed by atoms with Gasteiger partial charge < -0.3 is 19.7 Å². The monoisotopic (exact) mass is 408 g/mol. The molecule has 1 saturated heterocycles. The first-order chi connectivity index (χ1) is 14.5. The minimum Gasteiger partial charge on any atom is -0.493 e. The molecular weight excluding hydrogens is 380 g/mol. The molecule has 0 radical (unpaired) electrons. The average molecular weight is 408 g/mol. The molecule has 1 heterocycles. The predicted octanol–water partition coefficient (Wildman–Crippen LogP) is 4.23. The first-order valence-electron chi connectivity index (χ1n) is 10.1. The Kier molecular flexibility index (Phi) is 7.12. The van der Waals surface area contributed by atoms with Gasteiger partial charge in [-0.2, -0.15) is 0 Å². The van der Waals surface area contributed by atoms with Crippen LogP contribution in [0, 0.1) is 5.92 Å². The Labute approximate surface area is 177 Å². The van der Waals surface area contributed by atoms with Crippen molar-refractivity contribution in [2.75, 3.05) is 32.6 Å². The van der Waals surface area contributed by atoms with Gasteiger partial charge in [-0.15, -0.1) is 0 Å². The van der Waals surface area contributed by atoms with E-state index in [1.54, 1.807) is 56.7 Å². The maximum atomic E-state index is 12.7. The fourth-order valence-electron chi connectivity index (χ4n) is 3.44. The van der Waals surface area contributed by atoms with Crippen molar-refractivity contribution in [1.82, 2.24) is 4.90 Å². The number of likely N-dealkylation sites (tertiary alicyclic amines) is 1. The summed E-state index contributed by atoms with van der Waals surface area (Å²) in [6, 6.07) is 12.5. The van der Waals surface area contributed by atoms with E-state index in [9.17, 15) is 9.59 Å². The quantitative estimate of drug-likeness (QED) is 0.727. The highest BCUT2D eigenvalue weighted by molar-refractivity contribution is 6.03. The summed E-state index contributed by atoms with van der Waals surface area (Å²) < 4.78 is 10.5. The minimum absolute atomic E-state index is 0.0128. The number of methoxy groups -OCH3 is 2. The van der Waals surface area contributed by atoms with Crippen LogP contribution in [0.25, 0.3) is 6.08 Å². The standard InChI is InChI=1S/C24H28N2O4/c1-17-11-13-26(14-12-17)24(28)19-5-4-6-20(16-19)25-23(27)10-8-18-7-9-21(29-2)22(15-18)30-3/h4-10,15-17H,11-14H2,1-3H3,(H,25,27)/b10-8+. The molecule has 2 amide bonds. The highest BCUT2D eigenvalue weighted by Crippen LogP contribution is 2.28. The highest BCUT2D eigenvalue weighted by Gasteiger charge is 2.21. The van der Waals surface area contributed by atoms with Crippen LogP contribution in [-0.2, 0) is 4.79 Å². The van der Waals surface area contributed by atoms with Crippen LogP contribution in [0.4, 0.5) is 5.69 Å². The number of benzene rings is 2. The summed E-state index contributed by atoms with van der Waals surface area (Å²) in [5.41, 5.74) is 1.99. The third kappa shape index (κ3) is 5.41. The van der Waals surface area contributed by atoms with Crippen molar-refractivity contribution in [3.8, 4) is 11.5 Å². The molecule has 6 nitrogen and oxygen atoms in total. The summed E-state index contributed by atoms with van der Waals surface area (Å²) in [6.07, 6.45) is 5.20. The zero-order valence-corrected chi connectivity index (χ0v) is 17.7. The number of nitrogens with one attached hydrogen (secondary N) is 1. The number of rotatable bonds is 6. The van der Waals surface area contributed by atoms with E-state index in [-0.39, 0.29) is 11.8 Å². The first kappa shape index (κ1) is 21.4. The second-order valence-corrected chi connectivity index (χ2v) is 7.49. The van der Waals surface area contributed by atoms with Crippen molar-refractivity contribution in [2.45, 2.75) is 19.8 Å². The van der Waals surface area contributed by atoms with Gasteiger partial charge in [-0.1, -0.05) is 19.1 Å². The fourth-order valence-corrected chi connectivity index (χ4v) is 3.44. The molecule has 1 aliphatic rings. The number of hydrogen-bond acceptors (Lipinski definition) is 4. The Bertz CT molecular complexity index is 931. The van der Waals surface area contributed by atoms with Gasteiger partial charge in [0.15, 0.2) is 11.5 Å². The molecule has 0 bridgehead atoms. The van der Waals surface area contributed by atoms with Gasteiger partial charge in [-0.3, -0.25) is 9.59 Å². The number of anilines is 1. The summed E-state index contributed by atoms with van der Waals surface area (Å²) in [5, 5.41) is 2.82. The van der Waals surface area contributed by atoms with Crippen LogP contribution in [0.5, 0.6) is 11.5 Å². The molecule has 0 atom stereocenters. The topological polar surface area (TPSA) is 67.9 Å². The molecule has 3 rings (SSSR count). The zero-order chi connectivity index (χ0) is 21.5. The van der Waals surface area contributed by atoms with Crippen LogP contribution in [-0.4, -0.2) is 44.0 Å². The Hall–Kier alpha value is -3.28. The number of carbonyl (C=O) groups is 2. The van der Waals surface area contributed by atoms with Crippen molar-refractivity contribution >= 4 is 23.6 Å². The molecule has 1 fully saturated rings. The van der Waals surface area contributed by atoms with Crippen molar-refractivity contribution in [2.24, 2.45) is 5.92 Å². The molecule has 0 saturated carbocycles. The first-order valence-corrected chi connectivity index (χ1v) is 10.1. The van der Waals surface area contributed by atoms with E-state index in [0.29, 0.717) is 28.7 Å². The van der Waals surface area contributed by atoms with E-state index in [1.807, 2.05) is 11.0 Å². The van der Waals surface area contributed by atoms with Gasteiger partial charge in [0.05, 0.1) is 14.2 Å². The number of piperidine rings is 1. The van der Waals surface area contributed by atoms with Gasteiger partial charge in [0.1, 0.15) is 0 Å². The molecule has 1 aliphatic heterocycles. The smallest absolute Gasteiger partial charge is 0.253 e. The van der Waals surface area contributed by atoms with E-state index in [0.717, 1.165) is 31.5 Å². The molecule has 0 aliphatic carbocycles. The third-order valence-corrected chi connectivity index (χ3v) is 5.28. The molecule has 0 spiro atoms. The maximum absolute atomic E-state index is 12.7. The van der Waals surface area contributed by atoms with E-state index >= 15 is 0 Å². The van der Waals surface area contributed by atoms with Crippen molar-refractivity contribution in [1.29, 1.82) is 0 Å². The van der Waals surface area contributed by atoms with Crippen molar-refractivity contribution < 1.29 is 19.1 Å². The van der Waals surface area contributed by atoms with E-state index < -0.39 is 0 Å². The van der Waals surface area contributed by atoms with Gasteiger partial charge in [0.25, 0.3) is 5.91 Å². The lowest BCUT2D eigenvalue weighted by Gasteiger charge is -2.30. The summed E-state index contributed by atoms with van der Waals surface area (Å²) in [4.78, 5) is 27.0. The largest absolute Gasteiger partial charge is 0.493 e. The van der Waals surface area contributed by atoms with E-state index in [1.165, 1.54) is 6.08 Å². The summed E-state index contributed by atoms with van der Waals surface area (Å²) in [5.74, 6) is 1.62. The molecule has 6 heteroatoms. The van der Waals surface area contributed by atoms with Gasteiger partial charge in [-0.05, 0) is 60.7 Å². The summed E-state index contributed by atoms with van der Waals surface area (Å²) in [7, 11) is 3.14. The molecule has 0 unspecified atom stereocenters. The Morgan fingerprint density at radius 2 is 1.77 bits per heavy atom. The fraction of sp³-hybridized carbons (Fsp3) is 0.333. The third-order valence-electron chi connectivity index (χ3n) is 5.28. The molecule has 30 heavy (non-hydrogen) atoms. The van der Waals surface area contributed by atoms with Gasteiger partial charge in [0.2, 0.25) is 5.91 Å². The van der Waals surface area contributed by atoms with E-state index in [2.05, 4.69) is 12.2 Å². The van der Waals surface area contributed by atoms with E-state index in [4.69, 9.17) is 9.47 Å². The van der Waals surface area contributed by atoms with Crippen LogP contribution in [0.1, 0.15) is 35.7 Å². The second-order valence-electron chi connectivity index (χ2n) is 7.49. The van der Waals surface area contributed by atoms with Crippen LogP contribution in [0.15, 0.2) is 48.5 Å². The predicted molar refractivity (Wildman–Crippen MR) is 118 cm³/mol. The van der Waals surface area contributed by atoms with Crippen LogP contribution in [0.2, 0.25) is 0 Å². The molecular formula is C24H28N2O4. The molecule has 1 N–H and O–H groups in total. The van der Waals surface area contributed by atoms with Crippen molar-refractivity contribution in [3.05, 3.63) is 59.7 Å².